The molecule has 2 aromatic carbocycles. The molecule has 0 saturated carbocycles. The Morgan fingerprint density at radius 1 is 1.04 bits per heavy atom. The van der Waals surface area contributed by atoms with E-state index < -0.39 is 48.7 Å². The highest BCUT2D eigenvalue weighted by Crippen LogP contribution is 2.34. The van der Waals surface area contributed by atoms with Crippen molar-refractivity contribution >= 4 is 44.7 Å². The number of hydrogen-bond donors (Lipinski definition) is 1. The molecule has 0 aromatic heterocycles. The second-order valence-electron chi connectivity index (χ2n) is 5.05. The summed E-state index contributed by atoms with van der Waals surface area (Å²) in [7, 11) is -4.53. The number of halogens is 1. The average Bonchev–Trinajstić information content (AvgIpc) is 2.60. The molecule has 27 heavy (non-hydrogen) atoms. The van der Waals surface area contributed by atoms with Gasteiger partial charge in [0, 0.05) is 24.3 Å². The quantitative estimate of drug-likeness (QED) is 0.532. The first kappa shape index (κ1) is 20.1. The van der Waals surface area contributed by atoms with Gasteiger partial charge in [-0.15, -0.1) is 0 Å². The molecular weight excluding hydrogens is 406 g/mol. The molecule has 0 heterocycles. The molecule has 13 heteroatoms. The fourth-order valence-corrected chi connectivity index (χ4v) is 3.79. The first-order valence-electron chi connectivity index (χ1n) is 6.97. The number of nitro groups is 2. The fraction of sp³-hybridized carbons (Fsp3) is 0.0714. The molecule has 0 amide bonds. The molecule has 0 spiro atoms. The standard InChI is InChI=1S/C14H10ClN3O8S/c15-12-6-3-10(18(23)24)7-13(12)16(8-14(19)20)27(25,26)11-4-1-9(2-5-11)17(21)22/h1-7H,8H2,(H,19,20). The summed E-state index contributed by atoms with van der Waals surface area (Å²) in [5.74, 6) is -1.54. The maximum Gasteiger partial charge on any atom is 0.324 e. The monoisotopic (exact) mass is 415 g/mol. The van der Waals surface area contributed by atoms with E-state index in [1.165, 1.54) is 0 Å². The van der Waals surface area contributed by atoms with Gasteiger partial charge >= 0.3 is 5.97 Å². The zero-order valence-corrected chi connectivity index (χ0v) is 14.8. The van der Waals surface area contributed by atoms with Crippen molar-refractivity contribution in [1.29, 1.82) is 0 Å². The lowest BCUT2D eigenvalue weighted by Gasteiger charge is -2.23. The van der Waals surface area contributed by atoms with Gasteiger partial charge < -0.3 is 5.11 Å². The largest absolute Gasteiger partial charge is 0.480 e. The normalized spacial score (nSPS) is 11.0. The Bertz CT molecular complexity index is 1020. The summed E-state index contributed by atoms with van der Waals surface area (Å²) in [6.07, 6.45) is 0. The van der Waals surface area contributed by atoms with Crippen LogP contribution in [0.4, 0.5) is 17.1 Å². The predicted octanol–water partition coefficient (Wildman–Crippen LogP) is 2.44. The van der Waals surface area contributed by atoms with Crippen LogP contribution in [0.5, 0.6) is 0 Å². The number of non-ortho nitro benzene ring substituents is 2. The molecule has 142 valence electrons. The third kappa shape index (κ3) is 4.30. The number of carboxylic acids is 1. The molecule has 0 atom stereocenters. The molecule has 0 aliphatic heterocycles. The topological polar surface area (TPSA) is 161 Å². The van der Waals surface area contributed by atoms with Crippen LogP contribution in [-0.4, -0.2) is 35.9 Å². The van der Waals surface area contributed by atoms with Crippen LogP contribution in [-0.2, 0) is 14.8 Å². The van der Waals surface area contributed by atoms with Crippen molar-refractivity contribution in [2.24, 2.45) is 0 Å². The van der Waals surface area contributed by atoms with Gasteiger partial charge in [-0.25, -0.2) is 8.42 Å². The third-order valence-corrected chi connectivity index (χ3v) is 5.42. The number of anilines is 1. The van der Waals surface area contributed by atoms with E-state index in [-0.39, 0.29) is 10.7 Å². The van der Waals surface area contributed by atoms with Crippen LogP contribution in [0.25, 0.3) is 0 Å². The van der Waals surface area contributed by atoms with Gasteiger partial charge in [0.25, 0.3) is 21.4 Å². The van der Waals surface area contributed by atoms with Crippen molar-refractivity contribution in [2.75, 3.05) is 10.8 Å². The van der Waals surface area contributed by atoms with Crippen LogP contribution >= 0.6 is 11.6 Å². The summed E-state index contributed by atoms with van der Waals surface area (Å²) in [6.45, 7) is -1.07. The van der Waals surface area contributed by atoms with Gasteiger partial charge in [0.05, 0.1) is 25.5 Å². The molecule has 0 aliphatic rings. The van der Waals surface area contributed by atoms with Crippen LogP contribution < -0.4 is 4.31 Å². The Kier molecular flexibility index (Phi) is 5.61. The van der Waals surface area contributed by atoms with Gasteiger partial charge in [0.15, 0.2) is 0 Å². The van der Waals surface area contributed by atoms with Gasteiger partial charge in [-0.05, 0) is 18.2 Å². The maximum atomic E-state index is 12.8. The Hall–Kier alpha value is -3.25. The van der Waals surface area contributed by atoms with Crippen molar-refractivity contribution in [1.82, 2.24) is 0 Å². The summed E-state index contributed by atoms with van der Waals surface area (Å²) in [5.41, 5.74) is -1.28. The van der Waals surface area contributed by atoms with E-state index >= 15 is 0 Å². The minimum atomic E-state index is -4.53. The lowest BCUT2D eigenvalue weighted by molar-refractivity contribution is -0.385. The SMILES string of the molecule is O=C(O)CN(c1cc([N+](=O)[O-])ccc1Cl)S(=O)(=O)c1ccc([N+](=O)[O-])cc1. The molecule has 0 aliphatic carbocycles. The summed E-state index contributed by atoms with van der Waals surface area (Å²) in [4.78, 5) is 30.8. The number of nitro benzene ring substituents is 2. The van der Waals surface area contributed by atoms with Crippen LogP contribution in [0.3, 0.4) is 0 Å². The van der Waals surface area contributed by atoms with Gasteiger partial charge in [-0.3, -0.25) is 29.3 Å². The lowest BCUT2D eigenvalue weighted by atomic mass is 10.3. The molecule has 2 rings (SSSR count). The predicted molar refractivity (Wildman–Crippen MR) is 93.4 cm³/mol. The zero-order valence-electron chi connectivity index (χ0n) is 13.2. The Morgan fingerprint density at radius 2 is 1.56 bits per heavy atom. The summed E-state index contributed by atoms with van der Waals surface area (Å²) in [5, 5.41) is 30.5. The Morgan fingerprint density at radius 3 is 2.04 bits per heavy atom. The highest BCUT2D eigenvalue weighted by atomic mass is 35.5. The van der Waals surface area contributed by atoms with E-state index in [2.05, 4.69) is 0 Å². The summed E-state index contributed by atoms with van der Waals surface area (Å²) >= 11 is 5.93. The van der Waals surface area contributed by atoms with Crippen LogP contribution in [0, 0.1) is 20.2 Å². The number of benzene rings is 2. The van der Waals surface area contributed by atoms with E-state index in [4.69, 9.17) is 16.7 Å². The van der Waals surface area contributed by atoms with Gasteiger partial charge in [-0.1, -0.05) is 11.6 Å². The maximum absolute atomic E-state index is 12.8. The molecule has 0 saturated heterocycles. The van der Waals surface area contributed by atoms with Gasteiger partial charge in [0.2, 0.25) is 0 Å². The van der Waals surface area contributed by atoms with Crippen molar-refractivity contribution in [3.63, 3.8) is 0 Å². The first-order valence-corrected chi connectivity index (χ1v) is 8.79. The molecule has 11 nitrogen and oxygen atoms in total. The van der Waals surface area contributed by atoms with Gasteiger partial charge in [-0.2, -0.15) is 0 Å². The molecule has 2 aromatic rings. The van der Waals surface area contributed by atoms with Crippen LogP contribution in [0.1, 0.15) is 0 Å². The molecular formula is C14H10ClN3O8S. The Balaban J connectivity index is 2.62. The number of nitrogens with zero attached hydrogens (tertiary/aromatic N) is 3. The summed E-state index contributed by atoms with van der Waals surface area (Å²) < 4.78 is 26.1. The molecule has 0 radical (unpaired) electrons. The summed E-state index contributed by atoms with van der Waals surface area (Å²) in [6, 6.07) is 6.63. The molecule has 0 bridgehead atoms. The third-order valence-electron chi connectivity index (χ3n) is 3.32. The highest BCUT2D eigenvalue weighted by Gasteiger charge is 2.30. The van der Waals surface area contributed by atoms with E-state index in [1.54, 1.807) is 0 Å². The minimum absolute atomic E-state index is 0.229. The number of carboxylic acid groups (broad SMARTS) is 1. The average molecular weight is 416 g/mol. The minimum Gasteiger partial charge on any atom is -0.480 e. The Labute approximate surface area is 156 Å². The zero-order chi connectivity index (χ0) is 20.4. The van der Waals surface area contributed by atoms with Crippen molar-refractivity contribution < 1.29 is 28.2 Å². The number of rotatable bonds is 7. The smallest absolute Gasteiger partial charge is 0.324 e. The van der Waals surface area contributed by atoms with E-state index in [9.17, 15) is 33.4 Å². The molecule has 0 fully saturated rings. The van der Waals surface area contributed by atoms with Crippen LogP contribution in [0.2, 0.25) is 5.02 Å². The van der Waals surface area contributed by atoms with E-state index in [1.807, 2.05) is 0 Å². The van der Waals surface area contributed by atoms with Crippen molar-refractivity contribution in [3.8, 4) is 0 Å². The fourth-order valence-electron chi connectivity index (χ4n) is 2.10. The second kappa shape index (κ2) is 7.55. The second-order valence-corrected chi connectivity index (χ2v) is 7.32. The van der Waals surface area contributed by atoms with Gasteiger partial charge in [0.1, 0.15) is 6.54 Å². The molecule has 1 N–H and O–H groups in total. The lowest BCUT2D eigenvalue weighted by Crippen LogP contribution is -2.36. The van der Waals surface area contributed by atoms with E-state index in [0.29, 0.717) is 4.31 Å². The number of aliphatic carboxylic acids is 1. The molecule has 0 unspecified atom stereocenters. The number of sulfonamides is 1. The van der Waals surface area contributed by atoms with E-state index in [0.717, 1.165) is 42.5 Å². The van der Waals surface area contributed by atoms with Crippen molar-refractivity contribution in [2.45, 2.75) is 4.90 Å². The highest BCUT2D eigenvalue weighted by molar-refractivity contribution is 7.92. The first-order chi connectivity index (χ1) is 12.5. The number of hydrogen-bond acceptors (Lipinski definition) is 7. The number of carbonyl (C=O) groups is 1. The van der Waals surface area contributed by atoms with Crippen LogP contribution in [0.15, 0.2) is 47.4 Å². The van der Waals surface area contributed by atoms with Crippen molar-refractivity contribution in [3.05, 3.63) is 67.7 Å².